The molecular formula is C27H23ClF3N3O4. The van der Waals surface area contributed by atoms with Crippen molar-refractivity contribution in [2.75, 3.05) is 16.9 Å². The Kier molecular flexibility index (Phi) is 7.63. The van der Waals surface area contributed by atoms with Crippen LogP contribution in [0.3, 0.4) is 0 Å². The van der Waals surface area contributed by atoms with Crippen molar-refractivity contribution in [1.82, 2.24) is 5.32 Å². The standard InChI is InChI=1S/C27H23ClF3N3O4/c1-15(2)24(35)32-13-16-6-8-22(28)20(10-16)25(36)33-18-7-9-23-21(12-18)26(37)34(14-38-23)19-5-3-4-17(11-19)27(29,30)31/h3-12,15H,13-14H2,1-2H3,(H,32,35)(H,33,36). The zero-order chi connectivity index (χ0) is 27.6. The molecular weight excluding hydrogens is 523 g/mol. The Bertz CT molecular complexity index is 1410. The summed E-state index contributed by atoms with van der Waals surface area (Å²) in [5.41, 5.74) is 0.289. The van der Waals surface area contributed by atoms with E-state index in [-0.39, 0.29) is 58.4 Å². The van der Waals surface area contributed by atoms with Gasteiger partial charge in [-0.2, -0.15) is 13.2 Å². The first-order chi connectivity index (χ1) is 17.9. The van der Waals surface area contributed by atoms with E-state index in [4.69, 9.17) is 16.3 Å². The van der Waals surface area contributed by atoms with Crippen LogP contribution in [0.25, 0.3) is 0 Å². The Hall–Kier alpha value is -4.05. The molecule has 1 aliphatic rings. The monoisotopic (exact) mass is 545 g/mol. The molecule has 0 bridgehead atoms. The SMILES string of the molecule is CC(C)C(=O)NCc1ccc(Cl)c(C(=O)Nc2ccc3c(c2)C(=O)N(c2cccc(C(F)(F)F)c2)CO3)c1. The normalized spacial score (nSPS) is 13.1. The first-order valence-corrected chi connectivity index (χ1v) is 12.0. The van der Waals surface area contributed by atoms with E-state index < -0.39 is 23.6 Å². The van der Waals surface area contributed by atoms with Crippen molar-refractivity contribution >= 4 is 40.7 Å². The smallest absolute Gasteiger partial charge is 0.416 e. The number of carbonyl (C=O) groups is 3. The van der Waals surface area contributed by atoms with Crippen molar-refractivity contribution in [2.24, 2.45) is 5.92 Å². The number of halogens is 4. The molecule has 0 saturated heterocycles. The molecule has 3 aromatic rings. The van der Waals surface area contributed by atoms with Crippen molar-refractivity contribution in [3.63, 3.8) is 0 Å². The number of fused-ring (bicyclic) bond motifs is 1. The van der Waals surface area contributed by atoms with E-state index in [1.54, 1.807) is 32.0 Å². The van der Waals surface area contributed by atoms with Crippen molar-refractivity contribution in [2.45, 2.75) is 26.6 Å². The van der Waals surface area contributed by atoms with Crippen LogP contribution in [0.15, 0.2) is 60.7 Å². The average molecular weight is 546 g/mol. The summed E-state index contributed by atoms with van der Waals surface area (Å²) in [4.78, 5) is 39.1. The summed E-state index contributed by atoms with van der Waals surface area (Å²) in [7, 11) is 0. The summed E-state index contributed by atoms with van der Waals surface area (Å²) in [6.07, 6.45) is -4.57. The summed E-state index contributed by atoms with van der Waals surface area (Å²) in [5.74, 6) is -1.22. The lowest BCUT2D eigenvalue weighted by Gasteiger charge is -2.29. The molecule has 4 rings (SSSR count). The third-order valence-corrected chi connectivity index (χ3v) is 6.14. The van der Waals surface area contributed by atoms with Gasteiger partial charge in [-0.3, -0.25) is 19.3 Å². The maximum absolute atomic E-state index is 13.2. The lowest BCUT2D eigenvalue weighted by Crippen LogP contribution is -2.38. The number of amides is 3. The number of nitrogens with zero attached hydrogens (tertiary/aromatic N) is 1. The van der Waals surface area contributed by atoms with Crippen LogP contribution in [0, 0.1) is 5.92 Å². The molecule has 0 fully saturated rings. The summed E-state index contributed by atoms with van der Waals surface area (Å²) in [5, 5.41) is 5.64. The highest BCUT2D eigenvalue weighted by molar-refractivity contribution is 6.34. The molecule has 3 aromatic carbocycles. The lowest BCUT2D eigenvalue weighted by atomic mass is 10.1. The highest BCUT2D eigenvalue weighted by Crippen LogP contribution is 2.35. The minimum absolute atomic E-state index is 0.0260. The largest absolute Gasteiger partial charge is 0.472 e. The molecule has 0 saturated carbocycles. The number of nitrogens with one attached hydrogen (secondary N) is 2. The fourth-order valence-electron chi connectivity index (χ4n) is 3.73. The van der Waals surface area contributed by atoms with Gasteiger partial charge in [-0.05, 0) is 54.1 Å². The van der Waals surface area contributed by atoms with E-state index in [0.29, 0.717) is 5.56 Å². The van der Waals surface area contributed by atoms with Gasteiger partial charge in [-0.1, -0.05) is 37.6 Å². The van der Waals surface area contributed by atoms with Gasteiger partial charge < -0.3 is 15.4 Å². The summed E-state index contributed by atoms with van der Waals surface area (Å²) in [6.45, 7) is 3.48. The van der Waals surface area contributed by atoms with Crippen molar-refractivity contribution in [1.29, 1.82) is 0 Å². The van der Waals surface area contributed by atoms with E-state index in [1.165, 1.54) is 30.3 Å². The summed E-state index contributed by atoms with van der Waals surface area (Å²) >= 11 is 6.23. The third kappa shape index (κ3) is 5.91. The second-order valence-corrected chi connectivity index (χ2v) is 9.31. The molecule has 0 atom stereocenters. The van der Waals surface area contributed by atoms with Crippen LogP contribution in [0.1, 0.15) is 45.7 Å². The molecule has 11 heteroatoms. The van der Waals surface area contributed by atoms with Crippen LogP contribution in [-0.2, 0) is 17.5 Å². The average Bonchev–Trinajstić information content (AvgIpc) is 2.88. The van der Waals surface area contributed by atoms with Crippen molar-refractivity contribution in [3.05, 3.63) is 87.9 Å². The molecule has 198 valence electrons. The van der Waals surface area contributed by atoms with Crippen LogP contribution >= 0.6 is 11.6 Å². The molecule has 38 heavy (non-hydrogen) atoms. The second kappa shape index (κ2) is 10.7. The first kappa shape index (κ1) is 27.0. The third-order valence-electron chi connectivity index (χ3n) is 5.81. The number of ether oxygens (including phenoxy) is 1. The highest BCUT2D eigenvalue weighted by atomic mass is 35.5. The van der Waals surface area contributed by atoms with Gasteiger partial charge in [0.25, 0.3) is 11.8 Å². The lowest BCUT2D eigenvalue weighted by molar-refractivity contribution is -0.137. The zero-order valence-corrected chi connectivity index (χ0v) is 21.1. The van der Waals surface area contributed by atoms with Gasteiger partial charge in [-0.15, -0.1) is 0 Å². The fraction of sp³-hybridized carbons (Fsp3) is 0.222. The predicted molar refractivity (Wildman–Crippen MR) is 136 cm³/mol. The zero-order valence-electron chi connectivity index (χ0n) is 20.4. The highest BCUT2D eigenvalue weighted by Gasteiger charge is 2.33. The van der Waals surface area contributed by atoms with Gasteiger partial charge in [0.05, 0.1) is 21.7 Å². The maximum Gasteiger partial charge on any atom is 0.416 e. The van der Waals surface area contributed by atoms with Crippen molar-refractivity contribution in [3.8, 4) is 5.75 Å². The van der Waals surface area contributed by atoms with Crippen molar-refractivity contribution < 1.29 is 32.3 Å². The van der Waals surface area contributed by atoms with Crippen LogP contribution in [-0.4, -0.2) is 24.5 Å². The fourth-order valence-corrected chi connectivity index (χ4v) is 3.93. The number of alkyl halides is 3. The van der Waals surface area contributed by atoms with E-state index in [0.717, 1.165) is 17.0 Å². The molecule has 0 aromatic heterocycles. The minimum Gasteiger partial charge on any atom is -0.472 e. The summed E-state index contributed by atoms with van der Waals surface area (Å²) in [6, 6.07) is 13.6. The van der Waals surface area contributed by atoms with Crippen LogP contribution in [0.2, 0.25) is 5.02 Å². The van der Waals surface area contributed by atoms with Gasteiger partial charge >= 0.3 is 6.18 Å². The van der Waals surface area contributed by atoms with Gasteiger partial charge in [0, 0.05) is 23.8 Å². The minimum atomic E-state index is -4.57. The molecule has 0 unspecified atom stereocenters. The van der Waals surface area contributed by atoms with E-state index in [9.17, 15) is 27.6 Å². The van der Waals surface area contributed by atoms with Gasteiger partial charge in [0.15, 0.2) is 6.73 Å². The Balaban J connectivity index is 1.53. The Morgan fingerprint density at radius 3 is 2.55 bits per heavy atom. The topological polar surface area (TPSA) is 87.7 Å². The number of anilines is 2. The predicted octanol–water partition coefficient (Wildman–Crippen LogP) is 5.88. The summed E-state index contributed by atoms with van der Waals surface area (Å²) < 4.78 is 45.0. The molecule has 0 spiro atoms. The number of rotatable bonds is 6. The Morgan fingerprint density at radius 1 is 1.08 bits per heavy atom. The first-order valence-electron chi connectivity index (χ1n) is 11.6. The molecule has 0 radical (unpaired) electrons. The number of hydrogen-bond acceptors (Lipinski definition) is 4. The Morgan fingerprint density at radius 2 is 1.84 bits per heavy atom. The van der Waals surface area contributed by atoms with E-state index >= 15 is 0 Å². The molecule has 7 nitrogen and oxygen atoms in total. The maximum atomic E-state index is 13.2. The van der Waals surface area contributed by atoms with Gasteiger partial charge in [0.1, 0.15) is 5.75 Å². The quantitative estimate of drug-likeness (QED) is 0.405. The van der Waals surface area contributed by atoms with Crippen LogP contribution in [0.5, 0.6) is 5.75 Å². The Labute approximate surface area is 221 Å². The molecule has 1 heterocycles. The second-order valence-electron chi connectivity index (χ2n) is 8.91. The molecule has 3 amide bonds. The number of carbonyl (C=O) groups excluding carboxylic acids is 3. The van der Waals surface area contributed by atoms with Gasteiger partial charge in [-0.25, -0.2) is 0 Å². The number of benzene rings is 3. The van der Waals surface area contributed by atoms with Crippen LogP contribution < -0.4 is 20.3 Å². The van der Waals surface area contributed by atoms with E-state index in [1.807, 2.05) is 0 Å². The van der Waals surface area contributed by atoms with E-state index in [2.05, 4.69) is 10.6 Å². The van der Waals surface area contributed by atoms with Crippen LogP contribution in [0.4, 0.5) is 24.5 Å². The molecule has 1 aliphatic heterocycles. The van der Waals surface area contributed by atoms with Gasteiger partial charge in [0.2, 0.25) is 5.91 Å². The molecule has 2 N–H and O–H groups in total. The molecule has 0 aliphatic carbocycles. The number of hydrogen-bond donors (Lipinski definition) is 2.